The van der Waals surface area contributed by atoms with Crippen LogP contribution < -0.4 is 0 Å². The number of likely N-dealkylation sites (N-methyl/N-ethyl adjacent to an activating group) is 1. The highest BCUT2D eigenvalue weighted by atomic mass is 16.2. The molecule has 1 atom stereocenters. The summed E-state index contributed by atoms with van der Waals surface area (Å²) < 4.78 is 0. The van der Waals surface area contributed by atoms with Gasteiger partial charge >= 0.3 is 0 Å². The van der Waals surface area contributed by atoms with Crippen LogP contribution in [0.3, 0.4) is 0 Å². The number of carbonyl (C=O) groups is 3. The fraction of sp³-hybridized carbons (Fsp3) is 0.500. The van der Waals surface area contributed by atoms with Gasteiger partial charge in [0.2, 0.25) is 11.8 Å². The number of piperazine rings is 1. The van der Waals surface area contributed by atoms with Crippen LogP contribution in [0.4, 0.5) is 0 Å². The first kappa shape index (κ1) is 16.9. The SMILES string of the molecule is CC(=O)N1CCN(C(=O)c2ccc(C)nc2)C[C@H]1C(=O)N(C)C. The monoisotopic (exact) mass is 318 g/mol. The zero-order valence-corrected chi connectivity index (χ0v) is 13.9. The Hall–Kier alpha value is -2.44. The summed E-state index contributed by atoms with van der Waals surface area (Å²) in [5, 5.41) is 0. The van der Waals surface area contributed by atoms with Crippen molar-refractivity contribution in [1.82, 2.24) is 19.7 Å². The highest BCUT2D eigenvalue weighted by molar-refractivity contribution is 5.95. The van der Waals surface area contributed by atoms with Crippen LogP contribution in [-0.2, 0) is 9.59 Å². The van der Waals surface area contributed by atoms with Gasteiger partial charge in [0.15, 0.2) is 0 Å². The zero-order valence-electron chi connectivity index (χ0n) is 13.9. The van der Waals surface area contributed by atoms with Crippen LogP contribution >= 0.6 is 0 Å². The van der Waals surface area contributed by atoms with E-state index in [1.54, 1.807) is 31.1 Å². The van der Waals surface area contributed by atoms with E-state index in [4.69, 9.17) is 0 Å². The summed E-state index contributed by atoms with van der Waals surface area (Å²) in [4.78, 5) is 45.4. The van der Waals surface area contributed by atoms with Crippen molar-refractivity contribution < 1.29 is 14.4 Å². The number of nitrogens with zero attached hydrogens (tertiary/aromatic N) is 4. The molecule has 2 rings (SSSR count). The Bertz CT molecular complexity index is 612. The number of amides is 3. The van der Waals surface area contributed by atoms with E-state index in [2.05, 4.69) is 4.98 Å². The van der Waals surface area contributed by atoms with Crippen LogP contribution in [0.1, 0.15) is 23.0 Å². The molecular formula is C16H22N4O3. The maximum atomic E-state index is 12.6. The topological polar surface area (TPSA) is 73.8 Å². The lowest BCUT2D eigenvalue weighted by atomic mass is 10.1. The Kier molecular flexibility index (Phi) is 4.98. The summed E-state index contributed by atoms with van der Waals surface area (Å²) in [6.45, 7) is 4.25. The van der Waals surface area contributed by atoms with Crippen LogP contribution in [0.25, 0.3) is 0 Å². The molecule has 2 heterocycles. The Morgan fingerprint density at radius 2 is 1.91 bits per heavy atom. The first-order valence-electron chi connectivity index (χ1n) is 7.51. The Balaban J connectivity index is 2.19. The van der Waals surface area contributed by atoms with Crippen molar-refractivity contribution >= 4 is 17.7 Å². The molecule has 23 heavy (non-hydrogen) atoms. The van der Waals surface area contributed by atoms with Gasteiger partial charge in [0.05, 0.1) is 12.1 Å². The van der Waals surface area contributed by atoms with Crippen molar-refractivity contribution in [1.29, 1.82) is 0 Å². The van der Waals surface area contributed by atoms with Crippen LogP contribution in [0, 0.1) is 6.92 Å². The van der Waals surface area contributed by atoms with Gasteiger partial charge in [-0.2, -0.15) is 0 Å². The molecule has 0 aliphatic carbocycles. The van der Waals surface area contributed by atoms with E-state index in [9.17, 15) is 14.4 Å². The second kappa shape index (κ2) is 6.76. The van der Waals surface area contributed by atoms with E-state index in [0.29, 0.717) is 18.7 Å². The van der Waals surface area contributed by atoms with E-state index < -0.39 is 6.04 Å². The quantitative estimate of drug-likeness (QED) is 0.778. The summed E-state index contributed by atoms with van der Waals surface area (Å²) in [5.74, 6) is -0.508. The molecule has 1 aliphatic rings. The average Bonchev–Trinajstić information content (AvgIpc) is 2.53. The van der Waals surface area contributed by atoms with Crippen LogP contribution in [-0.4, -0.2) is 77.2 Å². The van der Waals surface area contributed by atoms with Gasteiger partial charge in [-0.15, -0.1) is 0 Å². The fourth-order valence-electron chi connectivity index (χ4n) is 2.63. The van der Waals surface area contributed by atoms with Crippen LogP contribution in [0.15, 0.2) is 18.3 Å². The molecule has 7 heteroatoms. The van der Waals surface area contributed by atoms with Gasteiger partial charge in [-0.25, -0.2) is 0 Å². The zero-order chi connectivity index (χ0) is 17.1. The van der Waals surface area contributed by atoms with E-state index >= 15 is 0 Å². The van der Waals surface area contributed by atoms with E-state index in [0.717, 1.165) is 5.69 Å². The third-order valence-electron chi connectivity index (χ3n) is 3.96. The molecule has 7 nitrogen and oxygen atoms in total. The number of carbonyl (C=O) groups excluding carboxylic acids is 3. The molecule has 0 unspecified atom stereocenters. The molecule has 0 saturated carbocycles. The van der Waals surface area contributed by atoms with Crippen molar-refractivity contribution in [3.05, 3.63) is 29.6 Å². The molecule has 1 saturated heterocycles. The lowest BCUT2D eigenvalue weighted by Crippen LogP contribution is -2.61. The van der Waals surface area contributed by atoms with Crippen molar-refractivity contribution in [3.8, 4) is 0 Å². The molecule has 0 bridgehead atoms. The molecule has 0 radical (unpaired) electrons. The van der Waals surface area contributed by atoms with Gasteiger partial charge in [-0.05, 0) is 19.1 Å². The summed E-state index contributed by atoms with van der Waals surface area (Å²) >= 11 is 0. The van der Waals surface area contributed by atoms with Gasteiger partial charge in [-0.1, -0.05) is 0 Å². The van der Waals surface area contributed by atoms with Gasteiger partial charge in [0.25, 0.3) is 5.91 Å². The summed E-state index contributed by atoms with van der Waals surface area (Å²) in [6, 6.07) is 2.87. The molecule has 3 amide bonds. The molecule has 0 N–H and O–H groups in total. The predicted molar refractivity (Wildman–Crippen MR) is 84.7 cm³/mol. The lowest BCUT2D eigenvalue weighted by Gasteiger charge is -2.41. The average molecular weight is 318 g/mol. The molecule has 124 valence electrons. The Morgan fingerprint density at radius 3 is 2.43 bits per heavy atom. The highest BCUT2D eigenvalue weighted by Gasteiger charge is 2.36. The number of aryl methyl sites for hydroxylation is 1. The van der Waals surface area contributed by atoms with Crippen molar-refractivity contribution in [3.63, 3.8) is 0 Å². The summed E-state index contributed by atoms with van der Waals surface area (Å²) in [7, 11) is 3.29. The second-order valence-electron chi connectivity index (χ2n) is 5.90. The summed E-state index contributed by atoms with van der Waals surface area (Å²) in [5.41, 5.74) is 1.33. The third kappa shape index (κ3) is 3.67. The van der Waals surface area contributed by atoms with E-state index in [-0.39, 0.29) is 24.3 Å². The van der Waals surface area contributed by atoms with E-state index in [1.807, 2.05) is 6.92 Å². The molecular weight excluding hydrogens is 296 g/mol. The van der Waals surface area contributed by atoms with Crippen molar-refractivity contribution in [2.24, 2.45) is 0 Å². The highest BCUT2D eigenvalue weighted by Crippen LogP contribution is 2.15. The summed E-state index contributed by atoms with van der Waals surface area (Å²) in [6.07, 6.45) is 1.54. The van der Waals surface area contributed by atoms with Gasteiger partial charge in [0.1, 0.15) is 6.04 Å². The molecule has 0 spiro atoms. The maximum absolute atomic E-state index is 12.6. The third-order valence-corrected chi connectivity index (χ3v) is 3.96. The first-order chi connectivity index (χ1) is 10.8. The fourth-order valence-corrected chi connectivity index (χ4v) is 2.63. The normalized spacial score (nSPS) is 17.8. The maximum Gasteiger partial charge on any atom is 0.255 e. The number of pyridine rings is 1. The Morgan fingerprint density at radius 1 is 1.22 bits per heavy atom. The van der Waals surface area contributed by atoms with Gasteiger partial charge in [0, 0.05) is 46.0 Å². The van der Waals surface area contributed by atoms with Gasteiger partial charge in [-0.3, -0.25) is 19.4 Å². The first-order valence-corrected chi connectivity index (χ1v) is 7.51. The standard InChI is InChI=1S/C16H22N4O3/c1-11-5-6-13(9-17-11)15(22)19-7-8-20(12(2)21)14(10-19)16(23)18(3)4/h5-6,9,14H,7-8,10H2,1-4H3/t14-/m0/s1. The van der Waals surface area contributed by atoms with Crippen LogP contribution in [0.2, 0.25) is 0 Å². The number of rotatable bonds is 2. The van der Waals surface area contributed by atoms with E-state index in [1.165, 1.54) is 22.9 Å². The second-order valence-corrected chi connectivity index (χ2v) is 5.90. The number of aromatic nitrogens is 1. The smallest absolute Gasteiger partial charge is 0.255 e. The minimum Gasteiger partial charge on any atom is -0.347 e. The molecule has 1 fully saturated rings. The number of hydrogen-bond donors (Lipinski definition) is 0. The van der Waals surface area contributed by atoms with Crippen LogP contribution in [0.5, 0.6) is 0 Å². The molecule has 1 aromatic rings. The molecule has 1 aromatic heterocycles. The Labute approximate surface area is 135 Å². The molecule has 0 aromatic carbocycles. The van der Waals surface area contributed by atoms with Gasteiger partial charge < -0.3 is 14.7 Å². The number of hydrogen-bond acceptors (Lipinski definition) is 4. The largest absolute Gasteiger partial charge is 0.347 e. The minimum absolute atomic E-state index is 0.158. The minimum atomic E-state index is -0.640. The molecule has 1 aliphatic heterocycles. The van der Waals surface area contributed by atoms with Crippen molar-refractivity contribution in [2.45, 2.75) is 19.9 Å². The van der Waals surface area contributed by atoms with Crippen molar-refractivity contribution in [2.75, 3.05) is 33.7 Å². The lowest BCUT2D eigenvalue weighted by molar-refractivity contribution is -0.146. The predicted octanol–water partition coefficient (Wildman–Crippen LogP) is 0.151.